The number of rotatable bonds is 5. The maximum Gasteiger partial charge on any atom is 0.220 e. The first-order valence-electron chi connectivity index (χ1n) is 8.77. The Bertz CT molecular complexity index is 920. The Hall–Kier alpha value is -2.10. The summed E-state index contributed by atoms with van der Waals surface area (Å²) in [4.78, 5) is 12.4. The highest BCUT2D eigenvalue weighted by Crippen LogP contribution is 2.27. The van der Waals surface area contributed by atoms with E-state index in [2.05, 4.69) is 14.9 Å². The van der Waals surface area contributed by atoms with Gasteiger partial charge in [-0.05, 0) is 25.1 Å². The normalized spacial score (nSPS) is 15.5. The number of benzene rings is 1. The molecule has 9 heteroatoms. The molecule has 6 nitrogen and oxygen atoms in total. The van der Waals surface area contributed by atoms with Crippen molar-refractivity contribution in [2.45, 2.75) is 13.2 Å². The van der Waals surface area contributed by atoms with Gasteiger partial charge in [-0.15, -0.1) is 0 Å². The molecule has 0 saturated carbocycles. The lowest BCUT2D eigenvalue weighted by molar-refractivity contribution is -0.000226. The van der Waals surface area contributed by atoms with E-state index in [1.165, 1.54) is 0 Å². The fraction of sp³-hybridized carbons (Fsp3) is 0.368. The maximum absolute atomic E-state index is 9.50. The fourth-order valence-electron chi connectivity index (χ4n) is 2.67. The number of thiazole rings is 1. The zero-order chi connectivity index (χ0) is 19.9. The van der Waals surface area contributed by atoms with Crippen molar-refractivity contribution < 1.29 is 18.7 Å². The van der Waals surface area contributed by atoms with Gasteiger partial charge in [0.2, 0.25) is 5.89 Å². The van der Waals surface area contributed by atoms with Crippen LogP contribution < -0.4 is 9.64 Å². The predicted molar refractivity (Wildman–Crippen MR) is 114 cm³/mol. The van der Waals surface area contributed by atoms with Crippen molar-refractivity contribution in [3.8, 4) is 5.75 Å². The van der Waals surface area contributed by atoms with Gasteiger partial charge in [-0.2, -0.15) is 11.8 Å². The minimum atomic E-state index is -0.867. The van der Waals surface area contributed by atoms with Crippen LogP contribution in [0, 0.1) is 0 Å². The molecule has 28 heavy (non-hydrogen) atoms. The molecule has 1 aliphatic rings. The number of thioether (sulfide) groups is 1. The number of oxazole rings is 1. The lowest BCUT2D eigenvalue weighted by atomic mass is 10.3. The first kappa shape index (κ1) is 20.6. The molecule has 1 unspecified atom stereocenters. The van der Waals surface area contributed by atoms with Gasteiger partial charge in [0.15, 0.2) is 17.0 Å². The molecule has 3 heterocycles. The molecule has 3 aromatic rings. The number of aliphatic hydroxyl groups is 1. The van der Waals surface area contributed by atoms with Crippen LogP contribution >= 0.6 is 23.1 Å². The Morgan fingerprint density at radius 1 is 1.29 bits per heavy atom. The van der Waals surface area contributed by atoms with E-state index in [0.717, 1.165) is 40.1 Å². The van der Waals surface area contributed by atoms with Gasteiger partial charge < -0.3 is 19.2 Å². The van der Waals surface area contributed by atoms with E-state index < -0.39 is 6.29 Å². The third kappa shape index (κ3) is 5.24. The first-order chi connectivity index (χ1) is 13.7. The number of anilines is 1. The van der Waals surface area contributed by atoms with Crippen LogP contribution in [-0.4, -0.2) is 53.1 Å². The summed E-state index contributed by atoms with van der Waals surface area (Å²) in [6.07, 6.45) is 4.83. The van der Waals surface area contributed by atoms with Crippen LogP contribution in [0.1, 0.15) is 17.7 Å². The second kappa shape index (κ2) is 9.90. The number of halogens is 1. The summed E-state index contributed by atoms with van der Waals surface area (Å²) in [5, 5.41) is 10.4. The summed E-state index contributed by atoms with van der Waals surface area (Å²) >= 11 is 3.67. The molecule has 1 aliphatic heterocycles. The quantitative estimate of drug-likeness (QED) is 0.613. The number of hydrogen-bond donors (Lipinski definition) is 1. The van der Waals surface area contributed by atoms with Crippen molar-refractivity contribution in [2.75, 3.05) is 36.7 Å². The summed E-state index contributed by atoms with van der Waals surface area (Å²) in [5.41, 5.74) is 1.37. The summed E-state index contributed by atoms with van der Waals surface area (Å²) < 4.78 is 20.5. The second-order valence-electron chi connectivity index (χ2n) is 5.88. The van der Waals surface area contributed by atoms with Gasteiger partial charge in [0.25, 0.3) is 0 Å². The molecule has 1 aromatic carbocycles. The number of aromatic nitrogens is 2. The van der Waals surface area contributed by atoms with E-state index in [9.17, 15) is 9.50 Å². The highest BCUT2D eigenvalue weighted by molar-refractivity contribution is 7.99. The van der Waals surface area contributed by atoms with E-state index in [0.29, 0.717) is 24.4 Å². The molecule has 0 aliphatic carbocycles. The van der Waals surface area contributed by atoms with Gasteiger partial charge >= 0.3 is 0 Å². The Kier molecular flexibility index (Phi) is 7.30. The number of hydrogen-bond acceptors (Lipinski definition) is 8. The van der Waals surface area contributed by atoms with Gasteiger partial charge in [-0.1, -0.05) is 11.3 Å². The average molecular weight is 424 g/mol. The Balaban J connectivity index is 0.00000109. The molecule has 1 atom stereocenters. The molecule has 4 rings (SSSR count). The Morgan fingerprint density at radius 3 is 2.82 bits per heavy atom. The van der Waals surface area contributed by atoms with E-state index in [-0.39, 0.29) is 0 Å². The molecular weight excluding hydrogens is 401 g/mol. The van der Waals surface area contributed by atoms with Gasteiger partial charge in [0.05, 0.1) is 7.18 Å². The van der Waals surface area contributed by atoms with Gasteiger partial charge in [-0.3, -0.25) is 4.39 Å². The second-order valence-corrected chi connectivity index (χ2v) is 8.14. The van der Waals surface area contributed by atoms with Crippen LogP contribution in [0.2, 0.25) is 0 Å². The number of aliphatic hydroxyl groups excluding tert-OH is 1. The van der Waals surface area contributed by atoms with Crippen molar-refractivity contribution >= 4 is 51.5 Å². The smallest absolute Gasteiger partial charge is 0.220 e. The van der Waals surface area contributed by atoms with Crippen molar-refractivity contribution in [1.29, 1.82) is 0 Å². The van der Waals surface area contributed by atoms with Gasteiger partial charge in [0, 0.05) is 47.8 Å². The van der Waals surface area contributed by atoms with Crippen molar-refractivity contribution in [3.05, 3.63) is 35.2 Å². The van der Waals surface area contributed by atoms with Crippen LogP contribution in [0.15, 0.2) is 28.8 Å². The third-order valence-corrected chi connectivity index (χ3v) is 5.83. The molecule has 1 N–H and O–H groups in total. The Labute approximate surface area is 171 Å². The molecule has 0 amide bonds. The zero-order valence-corrected chi connectivity index (χ0v) is 17.3. The average Bonchev–Trinajstić information content (AvgIpc) is 3.34. The van der Waals surface area contributed by atoms with Gasteiger partial charge in [-0.25, -0.2) is 9.97 Å². The molecule has 2 aromatic heterocycles. The van der Waals surface area contributed by atoms with Crippen LogP contribution in [0.5, 0.6) is 5.75 Å². The number of alkyl halides is 1. The maximum atomic E-state index is 9.50. The SMILES string of the molecule is CC(O)Oc1ccc2nc(C=Cc3cnc(N4CCSCC4)s3)oc2c1.CF. The van der Waals surface area contributed by atoms with Crippen LogP contribution in [-0.2, 0) is 0 Å². The van der Waals surface area contributed by atoms with Crippen molar-refractivity contribution in [2.24, 2.45) is 0 Å². The Morgan fingerprint density at radius 2 is 2.07 bits per heavy atom. The molecular formula is C19H22FN3O3S2. The minimum absolute atomic E-state index is 0.500. The molecule has 1 fully saturated rings. The van der Waals surface area contributed by atoms with Crippen LogP contribution in [0.4, 0.5) is 9.52 Å². The lowest BCUT2D eigenvalue weighted by Crippen LogP contribution is -2.32. The summed E-state index contributed by atoms with van der Waals surface area (Å²) in [6.45, 7) is 3.68. The minimum Gasteiger partial charge on any atom is -0.465 e. The first-order valence-corrected chi connectivity index (χ1v) is 10.7. The molecule has 0 bridgehead atoms. The summed E-state index contributed by atoms with van der Waals surface area (Å²) in [6, 6.07) is 5.30. The molecule has 150 valence electrons. The van der Waals surface area contributed by atoms with E-state index >= 15 is 0 Å². The van der Waals surface area contributed by atoms with E-state index in [4.69, 9.17) is 9.15 Å². The summed E-state index contributed by atoms with van der Waals surface area (Å²) in [5.74, 6) is 3.40. The van der Waals surface area contributed by atoms with Crippen molar-refractivity contribution in [1.82, 2.24) is 9.97 Å². The zero-order valence-electron chi connectivity index (χ0n) is 15.7. The third-order valence-electron chi connectivity index (χ3n) is 3.87. The van der Waals surface area contributed by atoms with Crippen LogP contribution in [0.3, 0.4) is 0 Å². The largest absolute Gasteiger partial charge is 0.465 e. The predicted octanol–water partition coefficient (Wildman–Crippen LogP) is 4.31. The number of nitrogens with zero attached hydrogens (tertiary/aromatic N) is 3. The monoisotopic (exact) mass is 423 g/mol. The number of fused-ring (bicyclic) bond motifs is 1. The topological polar surface area (TPSA) is 71.6 Å². The van der Waals surface area contributed by atoms with E-state index in [1.807, 2.05) is 36.2 Å². The summed E-state index contributed by atoms with van der Waals surface area (Å²) in [7, 11) is 0.500. The van der Waals surface area contributed by atoms with E-state index in [1.54, 1.807) is 30.4 Å². The van der Waals surface area contributed by atoms with Crippen LogP contribution in [0.25, 0.3) is 23.3 Å². The molecule has 0 radical (unpaired) electrons. The molecule has 1 saturated heterocycles. The highest BCUT2D eigenvalue weighted by atomic mass is 32.2. The highest BCUT2D eigenvalue weighted by Gasteiger charge is 2.14. The number of ether oxygens (including phenoxy) is 1. The molecule has 0 spiro atoms. The van der Waals surface area contributed by atoms with Crippen molar-refractivity contribution in [3.63, 3.8) is 0 Å². The lowest BCUT2D eigenvalue weighted by Gasteiger charge is -2.25. The standard InChI is InChI=1S/C18H19N3O3S2.CH3F/c1-12(22)23-13-2-4-15-16(10-13)24-17(20-15)5-3-14-11-19-18(26-14)21-6-8-25-9-7-21;1-2/h2-5,10-12,22H,6-9H2,1H3;1H3. The fourth-order valence-corrected chi connectivity index (χ4v) is 4.45. The van der Waals surface area contributed by atoms with Gasteiger partial charge in [0.1, 0.15) is 11.3 Å².